The third-order valence-corrected chi connectivity index (χ3v) is 1.56. The van der Waals surface area contributed by atoms with Crippen LogP contribution < -0.4 is 10.5 Å². The molecule has 0 amide bonds. The van der Waals surface area contributed by atoms with Crippen molar-refractivity contribution in [2.45, 2.75) is 0 Å². The van der Waals surface area contributed by atoms with Crippen LogP contribution in [0.5, 0.6) is 5.88 Å². The van der Waals surface area contributed by atoms with Crippen molar-refractivity contribution >= 4 is 23.5 Å². The number of ether oxygens (including phenoxy) is 1. The SMILES string of the molecule is Cl.NCCOc1noc2cccnc12. The van der Waals surface area contributed by atoms with E-state index < -0.39 is 0 Å². The van der Waals surface area contributed by atoms with Crippen molar-refractivity contribution in [1.82, 2.24) is 10.1 Å². The smallest absolute Gasteiger partial charge is 0.281 e. The molecule has 0 aliphatic rings. The molecule has 0 fully saturated rings. The lowest BCUT2D eigenvalue weighted by Crippen LogP contribution is -2.10. The van der Waals surface area contributed by atoms with Crippen LogP contribution in [-0.2, 0) is 0 Å². The topological polar surface area (TPSA) is 74.2 Å². The number of rotatable bonds is 3. The predicted octanol–water partition coefficient (Wildman–Crippen LogP) is 0.982. The molecule has 2 aromatic heterocycles. The van der Waals surface area contributed by atoms with E-state index in [-0.39, 0.29) is 12.4 Å². The summed E-state index contributed by atoms with van der Waals surface area (Å²) in [6.07, 6.45) is 1.66. The minimum absolute atomic E-state index is 0. The van der Waals surface area contributed by atoms with E-state index in [1.165, 1.54) is 0 Å². The van der Waals surface area contributed by atoms with Gasteiger partial charge in [0.15, 0.2) is 11.1 Å². The molecule has 0 aromatic carbocycles. The van der Waals surface area contributed by atoms with Crippen molar-refractivity contribution in [2.75, 3.05) is 13.2 Å². The molecule has 5 nitrogen and oxygen atoms in total. The molecule has 2 heterocycles. The Morgan fingerprint density at radius 2 is 2.36 bits per heavy atom. The molecule has 2 rings (SSSR count). The summed E-state index contributed by atoms with van der Waals surface area (Å²) in [4.78, 5) is 4.07. The lowest BCUT2D eigenvalue weighted by atomic mass is 10.4. The highest BCUT2D eigenvalue weighted by Gasteiger charge is 2.08. The van der Waals surface area contributed by atoms with Gasteiger partial charge in [0.2, 0.25) is 0 Å². The Morgan fingerprint density at radius 1 is 1.50 bits per heavy atom. The van der Waals surface area contributed by atoms with Gasteiger partial charge >= 0.3 is 0 Å². The number of hydrogen-bond acceptors (Lipinski definition) is 5. The van der Waals surface area contributed by atoms with Crippen LogP contribution in [0.3, 0.4) is 0 Å². The van der Waals surface area contributed by atoms with Crippen molar-refractivity contribution < 1.29 is 9.26 Å². The first-order valence-corrected chi connectivity index (χ1v) is 3.95. The van der Waals surface area contributed by atoms with Crippen molar-refractivity contribution in [2.24, 2.45) is 5.73 Å². The maximum Gasteiger partial charge on any atom is 0.281 e. The van der Waals surface area contributed by atoms with Crippen LogP contribution in [0.2, 0.25) is 0 Å². The molecule has 0 unspecified atom stereocenters. The van der Waals surface area contributed by atoms with Crippen LogP contribution in [-0.4, -0.2) is 23.3 Å². The number of aromatic nitrogens is 2. The number of fused-ring (bicyclic) bond motifs is 1. The predicted molar refractivity (Wildman–Crippen MR) is 53.6 cm³/mol. The lowest BCUT2D eigenvalue weighted by Gasteiger charge is -1.97. The fourth-order valence-electron chi connectivity index (χ4n) is 1.01. The van der Waals surface area contributed by atoms with Crippen molar-refractivity contribution in [3.05, 3.63) is 18.3 Å². The highest BCUT2D eigenvalue weighted by molar-refractivity contribution is 5.85. The van der Waals surface area contributed by atoms with Crippen LogP contribution in [0, 0.1) is 0 Å². The highest BCUT2D eigenvalue weighted by Crippen LogP contribution is 2.21. The van der Waals surface area contributed by atoms with Crippen molar-refractivity contribution in [1.29, 1.82) is 0 Å². The molecule has 0 saturated carbocycles. The minimum Gasteiger partial charge on any atom is -0.473 e. The first kappa shape index (κ1) is 10.7. The van der Waals surface area contributed by atoms with Crippen molar-refractivity contribution in [3.63, 3.8) is 0 Å². The second kappa shape index (κ2) is 4.78. The minimum atomic E-state index is 0. The summed E-state index contributed by atoms with van der Waals surface area (Å²) in [5.74, 6) is 0.404. The largest absolute Gasteiger partial charge is 0.473 e. The zero-order valence-corrected chi connectivity index (χ0v) is 8.16. The van der Waals surface area contributed by atoms with Gasteiger partial charge in [-0.25, -0.2) is 4.98 Å². The van der Waals surface area contributed by atoms with E-state index in [4.69, 9.17) is 15.0 Å². The summed E-state index contributed by atoms with van der Waals surface area (Å²) in [6, 6.07) is 3.56. The van der Waals surface area contributed by atoms with Crippen LogP contribution in [0.15, 0.2) is 22.9 Å². The summed E-state index contributed by atoms with van der Waals surface area (Å²) < 4.78 is 10.2. The van der Waals surface area contributed by atoms with Crippen LogP contribution in [0.1, 0.15) is 0 Å². The maximum absolute atomic E-state index is 5.29. The third kappa shape index (κ3) is 1.94. The molecule has 0 aliphatic heterocycles. The molecule has 6 heteroatoms. The summed E-state index contributed by atoms with van der Waals surface area (Å²) in [6.45, 7) is 0.861. The van der Waals surface area contributed by atoms with Gasteiger partial charge in [-0.2, -0.15) is 0 Å². The Labute approximate surface area is 86.6 Å². The van der Waals surface area contributed by atoms with Crippen molar-refractivity contribution in [3.8, 4) is 5.88 Å². The van der Waals surface area contributed by atoms with Gasteiger partial charge in [-0.05, 0) is 17.3 Å². The molecule has 0 spiro atoms. The first-order chi connectivity index (χ1) is 6.42. The zero-order chi connectivity index (χ0) is 9.10. The molecule has 0 bridgehead atoms. The molecule has 2 aromatic rings. The van der Waals surface area contributed by atoms with Gasteiger partial charge in [-0.3, -0.25) is 0 Å². The molecule has 0 atom stereocenters. The Hall–Kier alpha value is -1.33. The number of halogens is 1. The van der Waals surface area contributed by atoms with E-state index >= 15 is 0 Å². The summed E-state index contributed by atoms with van der Waals surface area (Å²) in [5, 5.41) is 3.72. The number of hydrogen-bond donors (Lipinski definition) is 1. The highest BCUT2D eigenvalue weighted by atomic mass is 35.5. The van der Waals surface area contributed by atoms with E-state index in [0.717, 1.165) is 0 Å². The fourth-order valence-corrected chi connectivity index (χ4v) is 1.01. The second-order valence-corrected chi connectivity index (χ2v) is 2.48. The molecule has 0 aliphatic carbocycles. The average Bonchev–Trinajstić information content (AvgIpc) is 2.58. The van der Waals surface area contributed by atoms with Crippen LogP contribution >= 0.6 is 12.4 Å². The molecule has 76 valence electrons. The normalized spacial score (nSPS) is 9.79. The number of nitrogens with zero attached hydrogens (tertiary/aromatic N) is 2. The zero-order valence-electron chi connectivity index (χ0n) is 7.34. The standard InChI is InChI=1S/C8H9N3O2.ClH/c9-3-5-12-8-7-6(13-11-8)2-1-4-10-7;/h1-2,4H,3,5,9H2;1H. The first-order valence-electron chi connectivity index (χ1n) is 3.95. The second-order valence-electron chi connectivity index (χ2n) is 2.48. The summed E-state index contributed by atoms with van der Waals surface area (Å²) >= 11 is 0. The van der Waals surface area contributed by atoms with E-state index in [0.29, 0.717) is 30.1 Å². The van der Waals surface area contributed by atoms with Gasteiger partial charge in [0.1, 0.15) is 6.61 Å². The van der Waals surface area contributed by atoms with Crippen LogP contribution in [0.25, 0.3) is 11.1 Å². The van der Waals surface area contributed by atoms with E-state index in [9.17, 15) is 0 Å². The van der Waals surface area contributed by atoms with E-state index in [2.05, 4.69) is 10.1 Å². The Bertz CT molecular complexity index is 404. The quantitative estimate of drug-likeness (QED) is 0.826. The third-order valence-electron chi connectivity index (χ3n) is 1.56. The molecular weight excluding hydrogens is 206 g/mol. The Balaban J connectivity index is 0.000000980. The molecule has 0 saturated heterocycles. The summed E-state index contributed by atoms with van der Waals surface area (Å²) in [5.41, 5.74) is 6.54. The van der Waals surface area contributed by atoms with Gasteiger partial charge < -0.3 is 15.0 Å². The molecule has 0 radical (unpaired) electrons. The Morgan fingerprint density at radius 3 is 3.14 bits per heavy atom. The van der Waals surface area contributed by atoms with Crippen LogP contribution in [0.4, 0.5) is 0 Å². The van der Waals surface area contributed by atoms with Gasteiger partial charge in [0, 0.05) is 12.7 Å². The van der Waals surface area contributed by atoms with E-state index in [1.54, 1.807) is 18.3 Å². The molecular formula is C8H10ClN3O2. The van der Waals surface area contributed by atoms with Gasteiger partial charge in [-0.1, -0.05) is 0 Å². The van der Waals surface area contributed by atoms with Gasteiger partial charge in [0.25, 0.3) is 5.88 Å². The Kier molecular flexibility index (Phi) is 3.67. The maximum atomic E-state index is 5.29. The number of pyridine rings is 1. The average molecular weight is 216 g/mol. The monoisotopic (exact) mass is 215 g/mol. The van der Waals surface area contributed by atoms with Gasteiger partial charge in [0.05, 0.1) is 0 Å². The molecule has 14 heavy (non-hydrogen) atoms. The van der Waals surface area contributed by atoms with E-state index in [1.807, 2.05) is 0 Å². The fraction of sp³-hybridized carbons (Fsp3) is 0.250. The number of nitrogens with two attached hydrogens (primary N) is 1. The van der Waals surface area contributed by atoms with Gasteiger partial charge in [-0.15, -0.1) is 12.4 Å². The summed E-state index contributed by atoms with van der Waals surface area (Å²) in [7, 11) is 0. The lowest BCUT2D eigenvalue weighted by molar-refractivity contribution is 0.292. The molecule has 2 N–H and O–H groups in total.